The van der Waals surface area contributed by atoms with Gasteiger partial charge >= 0.3 is 6.03 Å². The normalized spacial score (nSPS) is 17.1. The molecule has 0 unspecified atom stereocenters. The number of aryl methyl sites for hydroxylation is 1. The zero-order chi connectivity index (χ0) is 16.7. The van der Waals surface area contributed by atoms with Crippen molar-refractivity contribution in [2.45, 2.75) is 45.1 Å². The predicted molar refractivity (Wildman–Crippen MR) is 92.6 cm³/mol. The minimum absolute atomic E-state index is 0.234. The van der Waals surface area contributed by atoms with Crippen molar-refractivity contribution in [2.75, 3.05) is 25.6 Å². The summed E-state index contributed by atoms with van der Waals surface area (Å²) >= 11 is 6.05. The molecule has 1 aromatic carbocycles. The molecule has 1 aliphatic heterocycles. The third-order valence-electron chi connectivity index (χ3n) is 3.99. The summed E-state index contributed by atoms with van der Waals surface area (Å²) in [5.74, 6) is 0.550. The molecule has 0 aromatic heterocycles. The Kier molecular flexibility index (Phi) is 6.99. The highest BCUT2D eigenvalue weighted by atomic mass is 35.5. The molecular weight excluding hydrogens is 316 g/mol. The molecule has 0 aliphatic carbocycles. The van der Waals surface area contributed by atoms with E-state index in [4.69, 9.17) is 21.1 Å². The maximum atomic E-state index is 12.0. The number of rotatable bonds is 7. The lowest BCUT2D eigenvalue weighted by Gasteiger charge is -2.13. The van der Waals surface area contributed by atoms with E-state index in [0.717, 1.165) is 31.4 Å². The van der Waals surface area contributed by atoms with Crippen molar-refractivity contribution in [1.82, 2.24) is 5.32 Å². The summed E-state index contributed by atoms with van der Waals surface area (Å²) in [5.41, 5.74) is 1.51. The molecule has 0 radical (unpaired) electrons. The quantitative estimate of drug-likeness (QED) is 0.734. The molecular formula is C17H25ClN2O3. The van der Waals surface area contributed by atoms with Crippen LogP contribution in [0.2, 0.25) is 5.02 Å². The summed E-state index contributed by atoms with van der Waals surface area (Å²) in [4.78, 5) is 12.0. The fourth-order valence-electron chi connectivity index (χ4n) is 2.67. The Morgan fingerprint density at radius 2 is 2.26 bits per heavy atom. The van der Waals surface area contributed by atoms with E-state index in [-0.39, 0.29) is 6.03 Å². The van der Waals surface area contributed by atoms with Crippen LogP contribution in [0.3, 0.4) is 0 Å². The molecule has 1 atom stereocenters. The number of unbranched alkanes of at least 4 members (excludes halogenated alkanes) is 1. The third-order valence-corrected chi connectivity index (χ3v) is 4.40. The minimum Gasteiger partial charge on any atom is -0.495 e. The number of amides is 2. The molecule has 0 bridgehead atoms. The van der Waals surface area contributed by atoms with Crippen molar-refractivity contribution in [3.05, 3.63) is 22.7 Å². The number of carbonyl (C=O) groups excluding carboxylic acids is 1. The first-order chi connectivity index (χ1) is 11.1. The number of urea groups is 1. The van der Waals surface area contributed by atoms with Gasteiger partial charge in [-0.2, -0.15) is 0 Å². The number of halogens is 1. The number of nitrogens with one attached hydrogen (secondary N) is 2. The standard InChI is InChI=1S/C17H25ClN2O3/c1-12-10-15(16(22-2)11-14(12)18)20-17(21)19-8-4-3-6-13-7-5-9-23-13/h10-11,13H,3-9H2,1-2H3,(H2,19,20,21)/t13-/m0/s1. The summed E-state index contributed by atoms with van der Waals surface area (Å²) in [5, 5.41) is 6.28. The van der Waals surface area contributed by atoms with Crippen LogP contribution >= 0.6 is 11.6 Å². The van der Waals surface area contributed by atoms with Gasteiger partial charge in [0.05, 0.1) is 18.9 Å². The van der Waals surface area contributed by atoms with Crippen LogP contribution in [0.25, 0.3) is 0 Å². The molecule has 0 saturated carbocycles. The Labute approximate surface area is 142 Å². The summed E-state index contributed by atoms with van der Waals surface area (Å²) in [6.45, 7) is 3.43. The highest BCUT2D eigenvalue weighted by Gasteiger charge is 2.14. The first kappa shape index (κ1) is 17.9. The van der Waals surface area contributed by atoms with E-state index < -0.39 is 0 Å². The second-order valence-electron chi connectivity index (χ2n) is 5.81. The highest BCUT2D eigenvalue weighted by molar-refractivity contribution is 6.31. The molecule has 2 amide bonds. The predicted octanol–water partition coefficient (Wildman–Crippen LogP) is 4.13. The van der Waals surface area contributed by atoms with Crippen LogP contribution in [0.4, 0.5) is 10.5 Å². The lowest BCUT2D eigenvalue weighted by atomic mass is 10.1. The van der Waals surface area contributed by atoms with Gasteiger partial charge < -0.3 is 20.1 Å². The van der Waals surface area contributed by atoms with E-state index in [1.54, 1.807) is 19.2 Å². The largest absolute Gasteiger partial charge is 0.495 e. The monoisotopic (exact) mass is 340 g/mol. The van der Waals surface area contributed by atoms with Crippen LogP contribution in [0.5, 0.6) is 5.75 Å². The van der Waals surface area contributed by atoms with E-state index >= 15 is 0 Å². The van der Waals surface area contributed by atoms with Crippen LogP contribution in [0, 0.1) is 6.92 Å². The third kappa shape index (κ3) is 5.59. The molecule has 1 saturated heterocycles. The van der Waals surface area contributed by atoms with Gasteiger partial charge in [0.1, 0.15) is 5.75 Å². The first-order valence-electron chi connectivity index (χ1n) is 8.10. The van der Waals surface area contributed by atoms with Gasteiger partial charge in [-0.25, -0.2) is 4.79 Å². The maximum Gasteiger partial charge on any atom is 0.319 e. The number of hydrogen-bond acceptors (Lipinski definition) is 3. The number of carbonyl (C=O) groups is 1. The molecule has 0 spiro atoms. The molecule has 6 heteroatoms. The van der Waals surface area contributed by atoms with Gasteiger partial charge in [0, 0.05) is 24.2 Å². The van der Waals surface area contributed by atoms with Crippen LogP contribution in [0.1, 0.15) is 37.7 Å². The molecule has 128 valence electrons. The van der Waals surface area contributed by atoms with Gasteiger partial charge in [0.15, 0.2) is 0 Å². The molecule has 1 heterocycles. The molecule has 5 nitrogen and oxygen atoms in total. The van der Waals surface area contributed by atoms with Crippen LogP contribution in [-0.4, -0.2) is 32.4 Å². The smallest absolute Gasteiger partial charge is 0.319 e. The molecule has 1 fully saturated rings. The van der Waals surface area contributed by atoms with Crippen molar-refractivity contribution in [3.63, 3.8) is 0 Å². The Morgan fingerprint density at radius 1 is 1.43 bits per heavy atom. The number of methoxy groups -OCH3 is 1. The number of benzene rings is 1. The number of hydrogen-bond donors (Lipinski definition) is 2. The number of anilines is 1. The highest BCUT2D eigenvalue weighted by Crippen LogP contribution is 2.30. The van der Waals surface area contributed by atoms with Gasteiger partial charge in [0.25, 0.3) is 0 Å². The van der Waals surface area contributed by atoms with E-state index in [2.05, 4.69) is 10.6 Å². The molecule has 2 rings (SSSR count). The average Bonchev–Trinajstić information content (AvgIpc) is 3.03. The summed E-state index contributed by atoms with van der Waals surface area (Å²) in [7, 11) is 1.55. The minimum atomic E-state index is -0.234. The second-order valence-corrected chi connectivity index (χ2v) is 6.22. The first-order valence-corrected chi connectivity index (χ1v) is 8.48. The average molecular weight is 341 g/mol. The molecule has 23 heavy (non-hydrogen) atoms. The summed E-state index contributed by atoms with van der Waals surface area (Å²) < 4.78 is 10.8. The van der Waals surface area contributed by atoms with Gasteiger partial charge in [-0.3, -0.25) is 0 Å². The lowest BCUT2D eigenvalue weighted by molar-refractivity contribution is 0.102. The topological polar surface area (TPSA) is 59.6 Å². The Balaban J connectivity index is 1.71. The molecule has 1 aliphatic rings. The number of ether oxygens (including phenoxy) is 2. The van der Waals surface area contributed by atoms with E-state index in [1.807, 2.05) is 6.92 Å². The Hall–Kier alpha value is -1.46. The van der Waals surface area contributed by atoms with Gasteiger partial charge in [-0.1, -0.05) is 11.6 Å². The second kappa shape index (κ2) is 8.99. The SMILES string of the molecule is COc1cc(Cl)c(C)cc1NC(=O)NCCCC[C@H]1CCCO1. The fourth-order valence-corrected chi connectivity index (χ4v) is 2.82. The van der Waals surface area contributed by atoms with Crippen LogP contribution in [-0.2, 0) is 4.74 Å². The molecule has 2 N–H and O–H groups in total. The maximum absolute atomic E-state index is 12.0. The van der Waals surface area contributed by atoms with E-state index in [9.17, 15) is 4.79 Å². The van der Waals surface area contributed by atoms with Crippen molar-refractivity contribution in [2.24, 2.45) is 0 Å². The van der Waals surface area contributed by atoms with Crippen molar-refractivity contribution in [3.8, 4) is 5.75 Å². The van der Waals surface area contributed by atoms with E-state index in [1.165, 1.54) is 12.8 Å². The molecule has 1 aromatic rings. The zero-order valence-electron chi connectivity index (χ0n) is 13.8. The fraction of sp³-hybridized carbons (Fsp3) is 0.588. The van der Waals surface area contributed by atoms with Gasteiger partial charge in [-0.15, -0.1) is 0 Å². The van der Waals surface area contributed by atoms with Crippen molar-refractivity contribution < 1.29 is 14.3 Å². The van der Waals surface area contributed by atoms with Crippen molar-refractivity contribution >= 4 is 23.3 Å². The summed E-state index contributed by atoms with van der Waals surface area (Å²) in [6, 6.07) is 3.27. The van der Waals surface area contributed by atoms with Crippen molar-refractivity contribution in [1.29, 1.82) is 0 Å². The van der Waals surface area contributed by atoms with Crippen LogP contribution in [0.15, 0.2) is 12.1 Å². The van der Waals surface area contributed by atoms with Gasteiger partial charge in [-0.05, 0) is 50.7 Å². The lowest BCUT2D eigenvalue weighted by Crippen LogP contribution is -2.29. The van der Waals surface area contributed by atoms with Crippen LogP contribution < -0.4 is 15.4 Å². The van der Waals surface area contributed by atoms with Gasteiger partial charge in [0.2, 0.25) is 0 Å². The van der Waals surface area contributed by atoms with E-state index in [0.29, 0.717) is 29.1 Å². The Bertz CT molecular complexity index is 531. The Morgan fingerprint density at radius 3 is 2.96 bits per heavy atom. The zero-order valence-corrected chi connectivity index (χ0v) is 14.5. The summed E-state index contributed by atoms with van der Waals surface area (Å²) in [6.07, 6.45) is 5.86.